The van der Waals surface area contributed by atoms with E-state index in [0.717, 1.165) is 32.7 Å². The van der Waals surface area contributed by atoms with E-state index in [2.05, 4.69) is 69.7 Å². The van der Waals surface area contributed by atoms with Crippen LogP contribution in [0.5, 0.6) is 0 Å². The number of nitrogens with zero attached hydrogens (tertiary/aromatic N) is 3. The first-order valence-electron chi connectivity index (χ1n) is 12.6. The fourth-order valence-corrected chi connectivity index (χ4v) is 5.22. The summed E-state index contributed by atoms with van der Waals surface area (Å²) >= 11 is 0. The Morgan fingerprint density at radius 2 is 1.46 bits per heavy atom. The molecule has 2 saturated heterocycles. The van der Waals surface area contributed by atoms with E-state index in [1.165, 1.54) is 41.8 Å². The molecule has 0 aliphatic carbocycles. The molecule has 0 radical (unpaired) electrons. The van der Waals surface area contributed by atoms with E-state index < -0.39 is 0 Å². The Balaban J connectivity index is 1.14. The number of carbonyl (C=O) groups excluding carboxylic acids is 1. The van der Waals surface area contributed by atoms with Gasteiger partial charge in [0.05, 0.1) is 0 Å². The Labute approximate surface area is 207 Å². The number of urea groups is 1. The van der Waals surface area contributed by atoms with Crippen LogP contribution in [0.15, 0.2) is 78.9 Å². The topological polar surface area (TPSA) is 38.8 Å². The Morgan fingerprint density at radius 3 is 2.17 bits per heavy atom. The van der Waals surface area contributed by atoms with Crippen molar-refractivity contribution in [2.45, 2.75) is 25.3 Å². The molecule has 2 aliphatic heterocycles. The summed E-state index contributed by atoms with van der Waals surface area (Å²) in [7, 11) is 0. The molecule has 0 atom stereocenters. The van der Waals surface area contributed by atoms with Gasteiger partial charge < -0.3 is 15.1 Å². The maximum Gasteiger partial charge on any atom is 0.321 e. The molecule has 2 aliphatic rings. The number of carbonyl (C=O) groups is 1. The van der Waals surface area contributed by atoms with E-state index >= 15 is 0 Å². The smallest absolute Gasteiger partial charge is 0.321 e. The number of amides is 2. The van der Waals surface area contributed by atoms with Gasteiger partial charge in [-0.15, -0.1) is 0 Å². The van der Waals surface area contributed by atoms with Crippen molar-refractivity contribution in [2.24, 2.45) is 0 Å². The van der Waals surface area contributed by atoms with Crippen molar-refractivity contribution in [1.82, 2.24) is 9.80 Å². The van der Waals surface area contributed by atoms with Crippen LogP contribution in [0.3, 0.4) is 0 Å². The molecule has 2 fully saturated rings. The van der Waals surface area contributed by atoms with Crippen LogP contribution in [-0.2, 0) is 6.54 Å². The van der Waals surface area contributed by atoms with Gasteiger partial charge in [-0.3, -0.25) is 4.90 Å². The number of piperidine rings is 1. The lowest BCUT2D eigenvalue weighted by Crippen LogP contribution is -2.49. The second-order valence-electron chi connectivity index (χ2n) is 9.50. The van der Waals surface area contributed by atoms with Gasteiger partial charge in [-0.25, -0.2) is 9.18 Å². The van der Waals surface area contributed by atoms with Gasteiger partial charge in [0.2, 0.25) is 0 Å². The predicted octanol–water partition coefficient (Wildman–Crippen LogP) is 5.56. The number of benzene rings is 3. The van der Waals surface area contributed by atoms with Crippen LogP contribution in [0.25, 0.3) is 0 Å². The molecule has 5 rings (SSSR count). The van der Waals surface area contributed by atoms with Crippen LogP contribution < -0.4 is 10.2 Å². The summed E-state index contributed by atoms with van der Waals surface area (Å²) in [5, 5.41) is 2.87. The maximum atomic E-state index is 13.1. The highest BCUT2D eigenvalue weighted by atomic mass is 19.1. The second kappa shape index (κ2) is 10.9. The van der Waals surface area contributed by atoms with E-state index in [0.29, 0.717) is 24.7 Å². The largest absolute Gasteiger partial charge is 0.371 e. The summed E-state index contributed by atoms with van der Waals surface area (Å²) in [5.74, 6) is 0.339. The van der Waals surface area contributed by atoms with Gasteiger partial charge in [0.1, 0.15) is 5.82 Å². The summed E-state index contributed by atoms with van der Waals surface area (Å²) in [5.41, 5.74) is 4.77. The Kier molecular flexibility index (Phi) is 7.28. The lowest BCUT2D eigenvalue weighted by molar-refractivity contribution is 0.143. The molecular weight excluding hydrogens is 439 g/mol. The highest BCUT2D eigenvalue weighted by Gasteiger charge is 2.24. The van der Waals surface area contributed by atoms with Crippen molar-refractivity contribution in [3.05, 3.63) is 95.8 Å². The lowest BCUT2D eigenvalue weighted by Gasteiger charge is -2.37. The van der Waals surface area contributed by atoms with Crippen molar-refractivity contribution >= 4 is 17.4 Å². The summed E-state index contributed by atoms with van der Waals surface area (Å²) in [6.07, 6.45) is 2.36. The van der Waals surface area contributed by atoms with Crippen LogP contribution in [-0.4, -0.2) is 55.1 Å². The molecule has 35 heavy (non-hydrogen) atoms. The van der Waals surface area contributed by atoms with Crippen molar-refractivity contribution < 1.29 is 9.18 Å². The Hall–Kier alpha value is -3.38. The molecule has 182 valence electrons. The molecule has 0 unspecified atom stereocenters. The molecule has 5 nitrogen and oxygen atoms in total. The SMILES string of the molecule is O=C(Nc1ccc(F)cc1)N1CCN(Cc2ccccc2N2CCC(c3ccccc3)CC2)CC1. The average molecular weight is 473 g/mol. The van der Waals surface area contributed by atoms with Crippen molar-refractivity contribution in [2.75, 3.05) is 49.5 Å². The Morgan fingerprint density at radius 1 is 0.800 bits per heavy atom. The zero-order valence-corrected chi connectivity index (χ0v) is 20.1. The highest BCUT2D eigenvalue weighted by Crippen LogP contribution is 2.32. The zero-order chi connectivity index (χ0) is 24.0. The zero-order valence-electron chi connectivity index (χ0n) is 20.1. The van der Waals surface area contributed by atoms with E-state index in [1.54, 1.807) is 12.1 Å². The molecule has 1 N–H and O–H groups in total. The number of hydrogen-bond donors (Lipinski definition) is 1. The summed E-state index contributed by atoms with van der Waals surface area (Å²) in [4.78, 5) is 19.4. The van der Waals surface area contributed by atoms with Crippen LogP contribution in [0.4, 0.5) is 20.6 Å². The van der Waals surface area contributed by atoms with E-state index in [4.69, 9.17) is 0 Å². The molecule has 2 amide bonds. The van der Waals surface area contributed by atoms with Crippen molar-refractivity contribution in [1.29, 1.82) is 0 Å². The quantitative estimate of drug-likeness (QED) is 0.529. The minimum atomic E-state index is -0.308. The maximum absolute atomic E-state index is 13.1. The monoisotopic (exact) mass is 472 g/mol. The molecule has 3 aromatic carbocycles. The van der Waals surface area contributed by atoms with Gasteiger partial charge >= 0.3 is 6.03 Å². The molecule has 0 saturated carbocycles. The molecule has 0 bridgehead atoms. The number of anilines is 2. The standard InChI is InChI=1S/C29H33FN4O/c30-26-10-12-27(13-11-26)31-29(35)34-20-18-32(19-21-34)22-25-8-4-5-9-28(25)33-16-14-24(15-17-33)23-6-2-1-3-7-23/h1-13,24H,14-22H2,(H,31,35). The minimum Gasteiger partial charge on any atom is -0.371 e. The third-order valence-electron chi connectivity index (χ3n) is 7.25. The number of piperazine rings is 1. The van der Waals surface area contributed by atoms with Gasteiger partial charge in [-0.2, -0.15) is 0 Å². The van der Waals surface area contributed by atoms with E-state index in [1.807, 2.05) is 4.90 Å². The van der Waals surface area contributed by atoms with Gasteiger partial charge in [0.25, 0.3) is 0 Å². The normalized spacial score (nSPS) is 17.4. The number of rotatable bonds is 5. The molecular formula is C29H33FN4O. The molecule has 0 spiro atoms. The first-order valence-corrected chi connectivity index (χ1v) is 12.6. The van der Waals surface area contributed by atoms with Gasteiger partial charge in [-0.1, -0.05) is 48.5 Å². The first-order chi connectivity index (χ1) is 17.2. The lowest BCUT2D eigenvalue weighted by atomic mass is 9.89. The van der Waals surface area contributed by atoms with Gasteiger partial charge in [0.15, 0.2) is 0 Å². The van der Waals surface area contributed by atoms with Gasteiger partial charge in [-0.05, 0) is 60.2 Å². The van der Waals surface area contributed by atoms with Crippen LogP contribution in [0.1, 0.15) is 29.9 Å². The molecule has 2 heterocycles. The first kappa shape index (κ1) is 23.4. The summed E-state index contributed by atoms with van der Waals surface area (Å²) in [6.45, 7) is 6.07. The number of nitrogens with one attached hydrogen (secondary N) is 1. The summed E-state index contributed by atoms with van der Waals surface area (Å²) in [6, 6.07) is 25.4. The van der Waals surface area contributed by atoms with Crippen molar-refractivity contribution in [3.63, 3.8) is 0 Å². The van der Waals surface area contributed by atoms with Crippen molar-refractivity contribution in [3.8, 4) is 0 Å². The van der Waals surface area contributed by atoms with Crippen LogP contribution in [0.2, 0.25) is 0 Å². The third kappa shape index (κ3) is 5.82. The third-order valence-corrected chi connectivity index (χ3v) is 7.25. The van der Waals surface area contributed by atoms with Gasteiger partial charge in [0, 0.05) is 57.2 Å². The van der Waals surface area contributed by atoms with Crippen LogP contribution >= 0.6 is 0 Å². The number of hydrogen-bond acceptors (Lipinski definition) is 3. The molecule has 0 aromatic heterocycles. The Bertz CT molecular complexity index is 1110. The molecule has 6 heteroatoms. The summed E-state index contributed by atoms with van der Waals surface area (Å²) < 4.78 is 13.1. The minimum absolute atomic E-state index is 0.127. The molecule has 3 aromatic rings. The highest BCUT2D eigenvalue weighted by molar-refractivity contribution is 5.89. The average Bonchev–Trinajstić information content (AvgIpc) is 2.91. The second-order valence-corrected chi connectivity index (χ2v) is 9.50. The van der Waals surface area contributed by atoms with Crippen LogP contribution in [0, 0.1) is 5.82 Å². The van der Waals surface area contributed by atoms with E-state index in [9.17, 15) is 9.18 Å². The fraction of sp³-hybridized carbons (Fsp3) is 0.345. The predicted molar refractivity (Wildman–Crippen MR) is 139 cm³/mol. The van der Waals surface area contributed by atoms with E-state index in [-0.39, 0.29) is 11.8 Å². The number of para-hydroxylation sites is 1. The number of halogens is 1. The fourth-order valence-electron chi connectivity index (χ4n) is 5.22.